The van der Waals surface area contributed by atoms with E-state index in [2.05, 4.69) is 37.3 Å². The second-order valence-corrected chi connectivity index (χ2v) is 6.61. The molecule has 3 heteroatoms. The monoisotopic (exact) mass is 235 g/mol. The number of hydrogen-bond donors (Lipinski definition) is 1. The topological polar surface area (TPSA) is 29.9 Å². The van der Waals surface area contributed by atoms with Gasteiger partial charge in [-0.25, -0.2) is 0 Å². The predicted molar refractivity (Wildman–Crippen MR) is 71.0 cm³/mol. The standard InChI is InChI=1S/C14H25N3/c1-13(2,3)15-11-14(7-5-8-14)10-12-6-9-17(4)16-12/h6,9,15H,5,7-8,10-11H2,1-4H3. The van der Waals surface area contributed by atoms with E-state index in [0.29, 0.717) is 5.41 Å². The van der Waals surface area contributed by atoms with Gasteiger partial charge in [0.2, 0.25) is 0 Å². The molecule has 1 aromatic heterocycles. The fourth-order valence-electron chi connectivity index (χ4n) is 2.49. The molecule has 3 nitrogen and oxygen atoms in total. The van der Waals surface area contributed by atoms with Gasteiger partial charge in [-0.2, -0.15) is 5.10 Å². The van der Waals surface area contributed by atoms with Crippen LogP contribution in [0, 0.1) is 5.41 Å². The van der Waals surface area contributed by atoms with Gasteiger partial charge in [0.25, 0.3) is 0 Å². The maximum Gasteiger partial charge on any atom is 0.0630 e. The van der Waals surface area contributed by atoms with Crippen molar-refractivity contribution in [1.82, 2.24) is 15.1 Å². The summed E-state index contributed by atoms with van der Waals surface area (Å²) in [5.74, 6) is 0. The van der Waals surface area contributed by atoms with Crippen molar-refractivity contribution in [2.75, 3.05) is 6.54 Å². The summed E-state index contributed by atoms with van der Waals surface area (Å²) < 4.78 is 1.90. The van der Waals surface area contributed by atoms with Crippen molar-refractivity contribution in [3.05, 3.63) is 18.0 Å². The number of nitrogens with zero attached hydrogens (tertiary/aromatic N) is 2. The van der Waals surface area contributed by atoms with Gasteiger partial charge in [-0.15, -0.1) is 0 Å². The fourth-order valence-corrected chi connectivity index (χ4v) is 2.49. The van der Waals surface area contributed by atoms with Crippen LogP contribution in [0.2, 0.25) is 0 Å². The molecule has 0 unspecified atom stereocenters. The van der Waals surface area contributed by atoms with Crippen LogP contribution in [0.25, 0.3) is 0 Å². The molecule has 0 aliphatic heterocycles. The van der Waals surface area contributed by atoms with E-state index in [-0.39, 0.29) is 5.54 Å². The molecular weight excluding hydrogens is 210 g/mol. The van der Waals surface area contributed by atoms with Crippen LogP contribution >= 0.6 is 0 Å². The number of hydrogen-bond acceptors (Lipinski definition) is 2. The average molecular weight is 235 g/mol. The van der Waals surface area contributed by atoms with Gasteiger partial charge in [0.05, 0.1) is 5.69 Å². The summed E-state index contributed by atoms with van der Waals surface area (Å²) in [6.07, 6.45) is 7.22. The van der Waals surface area contributed by atoms with Crippen molar-refractivity contribution >= 4 is 0 Å². The van der Waals surface area contributed by atoms with Crippen LogP contribution in [-0.4, -0.2) is 21.9 Å². The molecule has 0 radical (unpaired) electrons. The zero-order valence-corrected chi connectivity index (χ0v) is 11.6. The average Bonchev–Trinajstić information content (AvgIpc) is 2.54. The van der Waals surface area contributed by atoms with Crippen molar-refractivity contribution in [3.63, 3.8) is 0 Å². The molecule has 1 aromatic rings. The summed E-state index contributed by atoms with van der Waals surface area (Å²) in [6, 6.07) is 2.15. The zero-order valence-electron chi connectivity index (χ0n) is 11.6. The van der Waals surface area contributed by atoms with Gasteiger partial charge in [0, 0.05) is 25.3 Å². The molecule has 1 saturated carbocycles. The SMILES string of the molecule is Cn1ccc(CC2(CNC(C)(C)C)CCC2)n1. The maximum atomic E-state index is 4.51. The Labute approximate surface area is 105 Å². The van der Waals surface area contributed by atoms with E-state index in [4.69, 9.17) is 0 Å². The minimum atomic E-state index is 0.215. The molecular formula is C14H25N3. The highest BCUT2D eigenvalue weighted by atomic mass is 15.2. The second kappa shape index (κ2) is 4.45. The zero-order chi connectivity index (χ0) is 12.5. The quantitative estimate of drug-likeness (QED) is 0.869. The molecule has 96 valence electrons. The molecule has 2 rings (SSSR count). The van der Waals surface area contributed by atoms with Crippen molar-refractivity contribution in [3.8, 4) is 0 Å². The molecule has 0 bridgehead atoms. The molecule has 0 amide bonds. The highest BCUT2D eigenvalue weighted by molar-refractivity contribution is 5.06. The smallest absolute Gasteiger partial charge is 0.0630 e. The van der Waals surface area contributed by atoms with Crippen LogP contribution in [0.3, 0.4) is 0 Å². The predicted octanol–water partition coefficient (Wildman–Crippen LogP) is 2.52. The van der Waals surface area contributed by atoms with Crippen LogP contribution in [0.1, 0.15) is 45.7 Å². The van der Waals surface area contributed by atoms with Crippen molar-refractivity contribution in [2.24, 2.45) is 12.5 Å². The summed E-state index contributed by atoms with van der Waals surface area (Å²) in [5, 5.41) is 8.17. The van der Waals surface area contributed by atoms with Crippen LogP contribution in [0.4, 0.5) is 0 Å². The molecule has 0 atom stereocenters. The van der Waals surface area contributed by atoms with Gasteiger partial charge in [0.1, 0.15) is 0 Å². The Hall–Kier alpha value is -0.830. The van der Waals surface area contributed by atoms with Gasteiger partial charge in [-0.05, 0) is 51.5 Å². The molecule has 1 fully saturated rings. The Morgan fingerprint density at radius 3 is 2.53 bits per heavy atom. The van der Waals surface area contributed by atoms with Gasteiger partial charge in [-0.1, -0.05) is 6.42 Å². The normalized spacial score (nSPS) is 19.1. The van der Waals surface area contributed by atoms with E-state index in [0.717, 1.165) is 13.0 Å². The number of aromatic nitrogens is 2. The lowest BCUT2D eigenvalue weighted by Crippen LogP contribution is -2.48. The molecule has 17 heavy (non-hydrogen) atoms. The molecule has 1 N–H and O–H groups in total. The first-order valence-electron chi connectivity index (χ1n) is 6.62. The van der Waals surface area contributed by atoms with Crippen molar-refractivity contribution in [1.29, 1.82) is 0 Å². The van der Waals surface area contributed by atoms with E-state index in [1.165, 1.54) is 25.0 Å². The Morgan fingerprint density at radius 2 is 2.12 bits per heavy atom. The van der Waals surface area contributed by atoms with Crippen molar-refractivity contribution in [2.45, 2.75) is 52.0 Å². The van der Waals surface area contributed by atoms with E-state index in [1.54, 1.807) is 0 Å². The highest BCUT2D eigenvalue weighted by Crippen LogP contribution is 2.43. The lowest BCUT2D eigenvalue weighted by molar-refractivity contribution is 0.117. The van der Waals surface area contributed by atoms with Gasteiger partial charge >= 0.3 is 0 Å². The van der Waals surface area contributed by atoms with Gasteiger partial charge < -0.3 is 5.32 Å². The summed E-state index contributed by atoms with van der Waals surface area (Å²) >= 11 is 0. The van der Waals surface area contributed by atoms with Crippen LogP contribution in [0.5, 0.6) is 0 Å². The number of rotatable bonds is 4. The third-order valence-corrected chi connectivity index (χ3v) is 3.73. The Bertz CT molecular complexity index is 369. The summed E-state index contributed by atoms with van der Waals surface area (Å²) in [5.41, 5.74) is 1.91. The molecule has 0 saturated heterocycles. The second-order valence-electron chi connectivity index (χ2n) is 6.61. The first-order chi connectivity index (χ1) is 7.89. The van der Waals surface area contributed by atoms with Crippen LogP contribution in [-0.2, 0) is 13.5 Å². The first-order valence-corrected chi connectivity index (χ1v) is 6.62. The van der Waals surface area contributed by atoms with E-state index in [1.807, 2.05) is 17.9 Å². The van der Waals surface area contributed by atoms with Gasteiger partial charge in [0.15, 0.2) is 0 Å². The Morgan fingerprint density at radius 1 is 1.41 bits per heavy atom. The van der Waals surface area contributed by atoms with E-state index in [9.17, 15) is 0 Å². The van der Waals surface area contributed by atoms with Crippen molar-refractivity contribution < 1.29 is 0 Å². The number of aryl methyl sites for hydroxylation is 1. The minimum Gasteiger partial charge on any atom is -0.312 e. The van der Waals surface area contributed by atoms with Gasteiger partial charge in [-0.3, -0.25) is 4.68 Å². The number of nitrogens with one attached hydrogen (secondary N) is 1. The lowest BCUT2D eigenvalue weighted by Gasteiger charge is -2.43. The Balaban J connectivity index is 1.95. The summed E-state index contributed by atoms with van der Waals surface area (Å²) in [7, 11) is 1.99. The minimum absolute atomic E-state index is 0.215. The summed E-state index contributed by atoms with van der Waals surface area (Å²) in [4.78, 5) is 0. The fraction of sp³-hybridized carbons (Fsp3) is 0.786. The first kappa shape index (κ1) is 12.6. The lowest BCUT2D eigenvalue weighted by atomic mass is 9.66. The van der Waals surface area contributed by atoms with E-state index >= 15 is 0 Å². The van der Waals surface area contributed by atoms with Crippen LogP contribution in [0.15, 0.2) is 12.3 Å². The Kier molecular flexibility index (Phi) is 3.30. The third kappa shape index (κ3) is 3.32. The maximum absolute atomic E-state index is 4.51. The molecule has 1 heterocycles. The van der Waals surface area contributed by atoms with Crippen LogP contribution < -0.4 is 5.32 Å². The largest absolute Gasteiger partial charge is 0.312 e. The molecule has 0 spiro atoms. The molecule has 0 aromatic carbocycles. The third-order valence-electron chi connectivity index (χ3n) is 3.73. The molecule has 1 aliphatic rings. The molecule has 1 aliphatic carbocycles. The highest BCUT2D eigenvalue weighted by Gasteiger charge is 2.38. The summed E-state index contributed by atoms with van der Waals surface area (Å²) in [6.45, 7) is 7.83. The van der Waals surface area contributed by atoms with E-state index < -0.39 is 0 Å².